The Labute approximate surface area is 369 Å². The van der Waals surface area contributed by atoms with Gasteiger partial charge < -0.3 is 19.5 Å². The van der Waals surface area contributed by atoms with Gasteiger partial charge in [-0.1, -0.05) is 85.1 Å². The van der Waals surface area contributed by atoms with Crippen LogP contribution < -0.4 is 14.8 Å². The molecule has 61 heavy (non-hydrogen) atoms. The van der Waals surface area contributed by atoms with Gasteiger partial charge in [-0.05, 0) is 127 Å². The van der Waals surface area contributed by atoms with E-state index in [0.29, 0.717) is 42.0 Å². The molecule has 0 radical (unpaired) electrons. The third-order valence-corrected chi connectivity index (χ3v) is 13.5. The molecule has 3 aliphatic rings. The molecule has 1 N–H and O–H groups in total. The largest absolute Gasteiger partial charge is 0.486 e. The van der Waals surface area contributed by atoms with Crippen LogP contribution in [-0.2, 0) is 40.3 Å². The molecule has 318 valence electrons. The number of hydrogen-bond acceptors (Lipinski definition) is 8. The molecule has 11 heteroatoms. The Balaban J connectivity index is 0.976. The van der Waals surface area contributed by atoms with Crippen molar-refractivity contribution in [1.29, 1.82) is 0 Å². The quantitative estimate of drug-likeness (QED) is 0.124. The first-order chi connectivity index (χ1) is 29.5. The highest BCUT2D eigenvalue weighted by Crippen LogP contribution is 2.39. The molecule has 0 spiro atoms. The Kier molecular flexibility index (Phi) is 13.0. The predicted octanol–water partition coefficient (Wildman–Crippen LogP) is 9.95. The monoisotopic (exact) mass is 860 g/mol. The summed E-state index contributed by atoms with van der Waals surface area (Å²) in [6.45, 7) is 8.23. The van der Waals surface area contributed by atoms with Gasteiger partial charge in [0.15, 0.2) is 0 Å². The highest BCUT2D eigenvalue weighted by Gasteiger charge is 2.40. The fourth-order valence-electron chi connectivity index (χ4n) is 8.91. The highest BCUT2D eigenvalue weighted by molar-refractivity contribution is 6.42. The minimum absolute atomic E-state index is 0.148. The zero-order valence-corrected chi connectivity index (χ0v) is 37.1. The zero-order chi connectivity index (χ0) is 42.8. The minimum atomic E-state index is -0.819. The summed E-state index contributed by atoms with van der Waals surface area (Å²) in [5, 5.41) is 4.17. The lowest BCUT2D eigenvalue weighted by atomic mass is 9.84. The Bertz CT molecular complexity index is 2390. The molecule has 4 atom stereocenters. The Morgan fingerprint density at radius 2 is 1.69 bits per heavy atom. The van der Waals surface area contributed by atoms with Crippen molar-refractivity contribution < 1.29 is 23.8 Å². The highest BCUT2D eigenvalue weighted by atomic mass is 35.5. The lowest BCUT2D eigenvalue weighted by molar-refractivity contribution is -0.146. The summed E-state index contributed by atoms with van der Waals surface area (Å²) in [4.78, 5) is 36.6. The van der Waals surface area contributed by atoms with Gasteiger partial charge in [0.1, 0.15) is 29.7 Å². The van der Waals surface area contributed by atoms with Gasteiger partial charge in [0.2, 0.25) is 5.91 Å². The van der Waals surface area contributed by atoms with E-state index < -0.39 is 18.1 Å². The Morgan fingerprint density at radius 3 is 2.38 bits per heavy atom. The molecule has 1 fully saturated rings. The van der Waals surface area contributed by atoms with E-state index in [2.05, 4.69) is 77.4 Å². The van der Waals surface area contributed by atoms with Gasteiger partial charge in [-0.15, -0.1) is 0 Å². The number of hydrogen-bond donors (Lipinski definition) is 1. The first-order valence-corrected chi connectivity index (χ1v) is 22.1. The smallest absolute Gasteiger partial charge is 0.328 e. The van der Waals surface area contributed by atoms with Gasteiger partial charge in [-0.3, -0.25) is 19.6 Å². The van der Waals surface area contributed by atoms with Crippen LogP contribution in [-0.4, -0.2) is 65.5 Å². The molecule has 0 unspecified atom stereocenters. The number of methoxy groups -OCH3 is 1. The molecular formula is C50H54Cl2N4O5. The number of nitrogens with zero attached hydrogens (tertiary/aromatic N) is 3. The number of halogens is 2. The second-order valence-electron chi connectivity index (χ2n) is 16.8. The fraction of sp³-hybridized carbons (Fsp3) is 0.380. The van der Waals surface area contributed by atoms with E-state index in [-0.39, 0.29) is 18.1 Å². The van der Waals surface area contributed by atoms with E-state index in [9.17, 15) is 9.59 Å². The number of ether oxygens (including phenoxy) is 3. The molecule has 2 aliphatic heterocycles. The van der Waals surface area contributed by atoms with E-state index in [1.807, 2.05) is 55.6 Å². The number of likely N-dealkylation sites (N-methyl/N-ethyl adjacent to an activating group) is 1. The molecule has 3 heterocycles. The summed E-state index contributed by atoms with van der Waals surface area (Å²) >= 11 is 12.5. The average molecular weight is 862 g/mol. The van der Waals surface area contributed by atoms with Crippen LogP contribution in [0.25, 0.3) is 11.1 Å². The van der Waals surface area contributed by atoms with Crippen LogP contribution in [0, 0.1) is 13.8 Å². The van der Waals surface area contributed by atoms with Crippen molar-refractivity contribution in [2.24, 2.45) is 0 Å². The predicted molar refractivity (Wildman–Crippen MR) is 240 cm³/mol. The number of carbonyl (C=O) groups is 2. The number of fused-ring (bicyclic) bond motifs is 2. The summed E-state index contributed by atoms with van der Waals surface area (Å²) in [6, 6.07) is 27.5. The number of rotatable bonds is 12. The summed E-state index contributed by atoms with van der Waals surface area (Å²) in [7, 11) is 3.49. The van der Waals surface area contributed by atoms with Crippen LogP contribution in [0.5, 0.6) is 11.5 Å². The van der Waals surface area contributed by atoms with E-state index in [0.717, 1.165) is 93.9 Å². The van der Waals surface area contributed by atoms with Crippen LogP contribution >= 0.6 is 23.2 Å². The Hall–Kier alpha value is -4.93. The number of esters is 1. The molecule has 1 amide bonds. The van der Waals surface area contributed by atoms with E-state index in [1.165, 1.54) is 12.7 Å². The number of carbonyl (C=O) groups excluding carboxylic acids is 2. The molecule has 1 saturated carbocycles. The van der Waals surface area contributed by atoms with Crippen LogP contribution in [0.1, 0.15) is 89.5 Å². The zero-order valence-electron chi connectivity index (χ0n) is 35.5. The van der Waals surface area contributed by atoms with Crippen molar-refractivity contribution >= 4 is 35.1 Å². The summed E-state index contributed by atoms with van der Waals surface area (Å²) in [5.74, 6) is 1.04. The summed E-state index contributed by atoms with van der Waals surface area (Å²) in [5.41, 5.74) is 10.7. The Morgan fingerprint density at radius 1 is 0.918 bits per heavy atom. The van der Waals surface area contributed by atoms with Crippen molar-refractivity contribution in [2.75, 3.05) is 20.7 Å². The van der Waals surface area contributed by atoms with Crippen molar-refractivity contribution in [3.05, 3.63) is 146 Å². The van der Waals surface area contributed by atoms with Crippen LogP contribution in [0.4, 0.5) is 0 Å². The van der Waals surface area contributed by atoms with E-state index in [1.54, 1.807) is 6.07 Å². The van der Waals surface area contributed by atoms with E-state index >= 15 is 0 Å². The molecule has 1 aliphatic carbocycles. The lowest BCUT2D eigenvalue weighted by Gasteiger charge is -2.45. The third-order valence-electron chi connectivity index (χ3n) is 12.8. The molecule has 9 nitrogen and oxygen atoms in total. The van der Waals surface area contributed by atoms with Crippen LogP contribution in [0.2, 0.25) is 10.0 Å². The molecule has 0 saturated heterocycles. The van der Waals surface area contributed by atoms with Crippen molar-refractivity contribution in [1.82, 2.24) is 20.1 Å². The number of aromatic nitrogens is 1. The first kappa shape index (κ1) is 42.7. The SMILES string of the molecule is CC[C@@H](Oc1ccc([C@H]2CN(C)Cc3cc4c(cc3O2)CN(C2CCC2)[C@H](C(=O)N[C@@H](Cc2ccc(-c3ccnc(C)c3C)cc2)C(=O)OC)C4)cc1)c1ccc(Cl)c(Cl)c1. The van der Waals surface area contributed by atoms with Crippen LogP contribution in [0.3, 0.4) is 0 Å². The van der Waals surface area contributed by atoms with Gasteiger partial charge >= 0.3 is 5.97 Å². The molecule has 4 aromatic carbocycles. The normalized spacial score (nSPS) is 19.0. The summed E-state index contributed by atoms with van der Waals surface area (Å²) < 4.78 is 18.5. The first-order valence-electron chi connectivity index (χ1n) is 21.3. The number of aryl methyl sites for hydroxylation is 1. The maximum absolute atomic E-state index is 14.4. The standard InChI is InChI=1S/C50H54Cl2N4O5/c1-6-46(35-16-19-42(51)43(52)24-35)60-40-17-14-34(15-18-40)48-29-55(4)27-38-23-36-25-45(56(39-8-7-9-39)28-37(36)26-47(38)61-48)49(57)54-44(50(58)59-5)22-32-10-12-33(13-11-32)41-20-21-53-31(3)30(41)2/h10-21,23-24,26,39,44-46,48H,6-9,22,25,27-29H2,1-5H3,(H,54,57)/t44-,45-,46+,48+/m0/s1. The molecular weight excluding hydrogens is 807 g/mol. The average Bonchev–Trinajstić information content (AvgIpc) is 3.40. The number of nitrogens with one attached hydrogen (secondary N) is 1. The van der Waals surface area contributed by atoms with Gasteiger partial charge in [0.25, 0.3) is 0 Å². The minimum Gasteiger partial charge on any atom is -0.486 e. The third kappa shape index (κ3) is 9.46. The van der Waals surface area contributed by atoms with Gasteiger partial charge in [0, 0.05) is 49.6 Å². The van der Waals surface area contributed by atoms with E-state index in [4.69, 9.17) is 37.4 Å². The lowest BCUT2D eigenvalue weighted by Crippen LogP contribution is -2.58. The maximum atomic E-state index is 14.4. The molecule has 1 aromatic heterocycles. The number of amides is 1. The van der Waals surface area contributed by atoms with Gasteiger partial charge in [-0.2, -0.15) is 0 Å². The topological polar surface area (TPSA) is 93.2 Å². The number of benzene rings is 4. The second kappa shape index (κ2) is 18.6. The number of pyridine rings is 1. The fourth-order valence-corrected chi connectivity index (χ4v) is 9.21. The van der Waals surface area contributed by atoms with Crippen molar-refractivity contribution in [3.63, 3.8) is 0 Å². The summed E-state index contributed by atoms with van der Waals surface area (Å²) in [6.07, 6.45) is 6.36. The van der Waals surface area contributed by atoms with Crippen LogP contribution in [0.15, 0.2) is 91.1 Å². The van der Waals surface area contributed by atoms with Gasteiger partial charge in [-0.25, -0.2) is 4.79 Å². The van der Waals surface area contributed by atoms with Crippen molar-refractivity contribution in [2.45, 2.75) is 103 Å². The second-order valence-corrected chi connectivity index (χ2v) is 17.6. The van der Waals surface area contributed by atoms with Crippen molar-refractivity contribution in [3.8, 4) is 22.6 Å². The maximum Gasteiger partial charge on any atom is 0.328 e. The van der Waals surface area contributed by atoms with Gasteiger partial charge in [0.05, 0.1) is 23.2 Å². The molecule has 5 aromatic rings. The molecule has 0 bridgehead atoms. The molecule has 8 rings (SSSR count).